The maximum Gasteiger partial charge on any atom is 0.271 e. The molecule has 1 N–H and O–H groups in total. The highest BCUT2D eigenvalue weighted by atomic mass is 127. The molecule has 1 amide bonds. The second kappa shape index (κ2) is 15.5. The lowest BCUT2D eigenvalue weighted by Crippen LogP contribution is -2.17. The molecule has 4 aromatic rings. The van der Waals surface area contributed by atoms with Gasteiger partial charge in [0.05, 0.1) is 27.9 Å². The highest BCUT2D eigenvalue weighted by molar-refractivity contribution is 14.1. The van der Waals surface area contributed by atoms with E-state index in [0.717, 1.165) is 14.7 Å². The molecule has 4 aromatic carbocycles. The molecular weight excluding hydrogens is 665 g/mol. The Morgan fingerprint density at radius 3 is 2.21 bits per heavy atom. The summed E-state index contributed by atoms with van der Waals surface area (Å²) in [5.74, 6) is 1.65. The van der Waals surface area contributed by atoms with Crippen molar-refractivity contribution in [2.24, 2.45) is 5.10 Å². The number of non-ortho nitro benzene ring substituents is 1. The van der Waals surface area contributed by atoms with E-state index in [0.29, 0.717) is 53.9 Å². The standard InChI is InChI=1S/C32H30IN3O7/c1-3-40-29-18-25(12-15-28(29)42-20-22-8-6-5-7-9-22)32(37)35-34-19-24-16-27(33)31(30(17-24)41-4-2)43-21-23-10-13-26(14-11-23)36(38)39/h5-19H,3-4,20-21H2,1-2H3,(H,35,37)/b34-19+. The minimum Gasteiger partial charge on any atom is -0.490 e. The molecule has 0 atom stereocenters. The lowest BCUT2D eigenvalue weighted by atomic mass is 10.2. The normalized spacial score (nSPS) is 10.8. The van der Waals surface area contributed by atoms with Gasteiger partial charge in [-0.25, -0.2) is 5.43 Å². The lowest BCUT2D eigenvalue weighted by Gasteiger charge is -2.15. The Hall–Kier alpha value is -4.65. The van der Waals surface area contributed by atoms with E-state index in [9.17, 15) is 14.9 Å². The van der Waals surface area contributed by atoms with E-state index < -0.39 is 10.8 Å². The van der Waals surface area contributed by atoms with Crippen molar-refractivity contribution < 1.29 is 28.7 Å². The van der Waals surface area contributed by atoms with Gasteiger partial charge in [-0.1, -0.05) is 30.3 Å². The number of hydrogen-bond donors (Lipinski definition) is 1. The van der Waals surface area contributed by atoms with Gasteiger partial charge < -0.3 is 18.9 Å². The van der Waals surface area contributed by atoms with Crippen LogP contribution in [0.25, 0.3) is 0 Å². The molecule has 43 heavy (non-hydrogen) atoms. The first-order valence-electron chi connectivity index (χ1n) is 13.5. The predicted octanol–water partition coefficient (Wildman–Crippen LogP) is 6.92. The average Bonchev–Trinajstić information content (AvgIpc) is 3.01. The van der Waals surface area contributed by atoms with E-state index in [-0.39, 0.29) is 12.3 Å². The minimum absolute atomic E-state index is 0.0173. The fraction of sp³-hybridized carbons (Fsp3) is 0.188. The summed E-state index contributed by atoms with van der Waals surface area (Å²) in [5.41, 5.74) is 5.42. The Morgan fingerprint density at radius 1 is 0.837 bits per heavy atom. The Balaban J connectivity index is 1.41. The summed E-state index contributed by atoms with van der Waals surface area (Å²) in [6, 6.07) is 24.6. The fourth-order valence-corrected chi connectivity index (χ4v) is 4.72. The number of nitro benzene ring substituents is 1. The van der Waals surface area contributed by atoms with E-state index in [4.69, 9.17) is 18.9 Å². The summed E-state index contributed by atoms with van der Waals surface area (Å²) in [5, 5.41) is 15.0. The monoisotopic (exact) mass is 695 g/mol. The summed E-state index contributed by atoms with van der Waals surface area (Å²) in [7, 11) is 0. The topological polar surface area (TPSA) is 122 Å². The van der Waals surface area contributed by atoms with Crippen LogP contribution in [0.3, 0.4) is 0 Å². The van der Waals surface area contributed by atoms with Crippen molar-refractivity contribution in [3.05, 3.63) is 121 Å². The summed E-state index contributed by atoms with van der Waals surface area (Å²) >= 11 is 2.14. The fourth-order valence-electron chi connectivity index (χ4n) is 3.94. The van der Waals surface area contributed by atoms with Crippen LogP contribution in [0.4, 0.5) is 5.69 Å². The maximum absolute atomic E-state index is 12.8. The molecule has 0 bridgehead atoms. The first-order valence-corrected chi connectivity index (χ1v) is 14.5. The van der Waals surface area contributed by atoms with Gasteiger partial charge in [-0.2, -0.15) is 5.10 Å². The number of rotatable bonds is 14. The number of halogens is 1. The average molecular weight is 696 g/mol. The lowest BCUT2D eigenvalue weighted by molar-refractivity contribution is -0.384. The number of carbonyl (C=O) groups is 1. The van der Waals surface area contributed by atoms with Gasteiger partial charge in [-0.3, -0.25) is 14.9 Å². The van der Waals surface area contributed by atoms with E-state index in [1.54, 1.807) is 36.4 Å². The van der Waals surface area contributed by atoms with Gasteiger partial charge in [0, 0.05) is 17.7 Å². The van der Waals surface area contributed by atoms with Crippen LogP contribution in [0, 0.1) is 13.7 Å². The van der Waals surface area contributed by atoms with E-state index in [1.807, 2.05) is 50.2 Å². The van der Waals surface area contributed by atoms with Gasteiger partial charge in [-0.05, 0) is 95.6 Å². The molecule has 0 aliphatic carbocycles. The molecule has 0 heterocycles. The Morgan fingerprint density at radius 2 is 1.51 bits per heavy atom. The number of ether oxygens (including phenoxy) is 4. The van der Waals surface area contributed by atoms with Crippen LogP contribution in [-0.2, 0) is 13.2 Å². The molecule has 0 fully saturated rings. The molecule has 0 aromatic heterocycles. The van der Waals surface area contributed by atoms with Crippen molar-refractivity contribution in [1.82, 2.24) is 5.43 Å². The van der Waals surface area contributed by atoms with E-state index in [1.165, 1.54) is 18.3 Å². The van der Waals surface area contributed by atoms with E-state index >= 15 is 0 Å². The molecule has 0 aliphatic heterocycles. The minimum atomic E-state index is -0.444. The van der Waals surface area contributed by atoms with Gasteiger partial charge in [0.1, 0.15) is 13.2 Å². The Labute approximate surface area is 262 Å². The van der Waals surface area contributed by atoms with Gasteiger partial charge in [-0.15, -0.1) is 0 Å². The number of nitro groups is 1. The van der Waals surface area contributed by atoms with Crippen molar-refractivity contribution >= 4 is 40.4 Å². The second-order valence-electron chi connectivity index (χ2n) is 9.04. The summed E-state index contributed by atoms with van der Waals surface area (Å²) in [6.45, 7) is 5.13. The van der Waals surface area contributed by atoms with Crippen LogP contribution in [-0.4, -0.2) is 30.3 Å². The van der Waals surface area contributed by atoms with Crippen LogP contribution < -0.4 is 24.4 Å². The van der Waals surface area contributed by atoms with Crippen molar-refractivity contribution in [3.63, 3.8) is 0 Å². The van der Waals surface area contributed by atoms with Gasteiger partial charge >= 0.3 is 0 Å². The molecule has 11 heteroatoms. The number of carbonyl (C=O) groups excluding carboxylic acids is 1. The molecule has 10 nitrogen and oxygen atoms in total. The molecule has 0 saturated carbocycles. The third-order valence-electron chi connectivity index (χ3n) is 5.98. The first-order chi connectivity index (χ1) is 20.9. The third-order valence-corrected chi connectivity index (χ3v) is 6.79. The van der Waals surface area contributed by atoms with Crippen molar-refractivity contribution in [3.8, 4) is 23.0 Å². The smallest absolute Gasteiger partial charge is 0.271 e. The molecular formula is C32H30IN3O7. The number of hydrogen-bond acceptors (Lipinski definition) is 8. The highest BCUT2D eigenvalue weighted by Gasteiger charge is 2.14. The van der Waals surface area contributed by atoms with Crippen LogP contribution >= 0.6 is 22.6 Å². The quantitative estimate of drug-likeness (QED) is 0.0658. The first kappa shape index (κ1) is 31.3. The number of nitrogens with one attached hydrogen (secondary N) is 1. The van der Waals surface area contributed by atoms with Crippen LogP contribution in [0.2, 0.25) is 0 Å². The molecule has 0 aliphatic rings. The molecule has 0 saturated heterocycles. The zero-order chi connectivity index (χ0) is 30.6. The van der Waals surface area contributed by atoms with Crippen LogP contribution in [0.15, 0.2) is 90.0 Å². The van der Waals surface area contributed by atoms with Gasteiger partial charge in [0.2, 0.25) is 0 Å². The number of nitrogens with zero attached hydrogens (tertiary/aromatic N) is 2. The molecule has 4 rings (SSSR count). The zero-order valence-corrected chi connectivity index (χ0v) is 25.8. The molecule has 0 spiro atoms. The summed E-state index contributed by atoms with van der Waals surface area (Å²) in [6.07, 6.45) is 1.52. The summed E-state index contributed by atoms with van der Waals surface area (Å²) in [4.78, 5) is 23.3. The third kappa shape index (κ3) is 8.92. The summed E-state index contributed by atoms with van der Waals surface area (Å²) < 4.78 is 24.2. The highest BCUT2D eigenvalue weighted by Crippen LogP contribution is 2.35. The number of benzene rings is 4. The van der Waals surface area contributed by atoms with Crippen molar-refractivity contribution in [1.29, 1.82) is 0 Å². The number of hydrazone groups is 1. The molecule has 0 radical (unpaired) electrons. The van der Waals surface area contributed by atoms with Gasteiger partial charge in [0.15, 0.2) is 23.0 Å². The van der Waals surface area contributed by atoms with E-state index in [2.05, 4.69) is 33.1 Å². The molecule has 222 valence electrons. The number of amides is 1. The molecule has 0 unspecified atom stereocenters. The largest absolute Gasteiger partial charge is 0.490 e. The predicted molar refractivity (Wildman–Crippen MR) is 171 cm³/mol. The zero-order valence-electron chi connectivity index (χ0n) is 23.6. The van der Waals surface area contributed by atoms with Crippen LogP contribution in [0.1, 0.15) is 40.9 Å². The van der Waals surface area contributed by atoms with Gasteiger partial charge in [0.25, 0.3) is 11.6 Å². The van der Waals surface area contributed by atoms with Crippen molar-refractivity contribution in [2.45, 2.75) is 27.1 Å². The Kier molecular flexibility index (Phi) is 11.3. The Bertz CT molecular complexity index is 1580. The van der Waals surface area contributed by atoms with Crippen molar-refractivity contribution in [2.75, 3.05) is 13.2 Å². The maximum atomic E-state index is 12.8. The second-order valence-corrected chi connectivity index (χ2v) is 10.2. The van der Waals surface area contributed by atoms with Crippen LogP contribution in [0.5, 0.6) is 23.0 Å². The SMILES string of the molecule is CCOc1cc(C(=O)N/N=C/c2cc(I)c(OCc3ccc([N+](=O)[O-])cc3)c(OCC)c2)ccc1OCc1ccccc1.